The lowest BCUT2D eigenvalue weighted by atomic mass is 10.2. The van der Waals surface area contributed by atoms with E-state index in [4.69, 9.17) is 4.74 Å². The van der Waals surface area contributed by atoms with Gasteiger partial charge in [0, 0.05) is 18.7 Å². The van der Waals surface area contributed by atoms with Gasteiger partial charge in [0.2, 0.25) is 0 Å². The molecule has 0 N–H and O–H groups in total. The van der Waals surface area contributed by atoms with Crippen LogP contribution in [-0.2, 0) is 9.53 Å². The minimum Gasteiger partial charge on any atom is -0.343 e. The van der Waals surface area contributed by atoms with E-state index in [1.807, 2.05) is 30.3 Å². The van der Waals surface area contributed by atoms with Crippen molar-refractivity contribution in [3.8, 4) is 0 Å². The molecular formula is C14H18NO2. The Labute approximate surface area is 102 Å². The highest BCUT2D eigenvalue weighted by Crippen LogP contribution is 2.24. The Hall–Kier alpha value is -1.19. The first kappa shape index (κ1) is 12.3. The lowest BCUT2D eigenvalue weighted by Gasteiger charge is -2.25. The number of Topliss-reactive ketones (excluding diaryl/α,β-unsaturated/α-hetero) is 1. The van der Waals surface area contributed by atoms with E-state index >= 15 is 0 Å². The molecule has 1 aliphatic rings. The highest BCUT2D eigenvalue weighted by molar-refractivity contribution is 5.76. The zero-order chi connectivity index (χ0) is 12.1. The molecular weight excluding hydrogens is 214 g/mol. The molecule has 3 nitrogen and oxygen atoms in total. The van der Waals surface area contributed by atoms with Crippen molar-refractivity contribution in [2.24, 2.45) is 0 Å². The molecule has 0 atom stereocenters. The van der Waals surface area contributed by atoms with Gasteiger partial charge >= 0.3 is 0 Å². The third-order valence-corrected chi connectivity index (χ3v) is 2.83. The van der Waals surface area contributed by atoms with Gasteiger partial charge < -0.3 is 4.74 Å². The van der Waals surface area contributed by atoms with Crippen LogP contribution in [0.2, 0.25) is 0 Å². The molecule has 1 aromatic rings. The molecule has 0 aliphatic carbocycles. The van der Waals surface area contributed by atoms with Gasteiger partial charge in [-0.3, -0.25) is 9.69 Å². The molecule has 2 rings (SSSR count). The highest BCUT2D eigenvalue weighted by Gasteiger charge is 2.25. The van der Waals surface area contributed by atoms with E-state index in [-0.39, 0.29) is 12.4 Å². The van der Waals surface area contributed by atoms with Crippen LogP contribution in [0.4, 0.5) is 0 Å². The summed E-state index contributed by atoms with van der Waals surface area (Å²) in [4.78, 5) is 13.3. The minimum absolute atomic E-state index is 0.0534. The van der Waals surface area contributed by atoms with Gasteiger partial charge in [0.25, 0.3) is 0 Å². The number of likely N-dealkylation sites (tertiary alicyclic amines) is 1. The largest absolute Gasteiger partial charge is 0.343 e. The minimum atomic E-state index is 0.0534. The van der Waals surface area contributed by atoms with Crippen LogP contribution < -0.4 is 0 Å². The molecule has 0 amide bonds. The van der Waals surface area contributed by atoms with Crippen molar-refractivity contribution in [1.82, 2.24) is 4.90 Å². The molecule has 0 bridgehead atoms. The average molecular weight is 232 g/mol. The second kappa shape index (κ2) is 5.94. The van der Waals surface area contributed by atoms with Crippen molar-refractivity contribution in [2.75, 3.05) is 19.7 Å². The zero-order valence-electron chi connectivity index (χ0n) is 10.2. The van der Waals surface area contributed by atoms with Crippen molar-refractivity contribution in [3.63, 3.8) is 0 Å². The first-order valence-corrected chi connectivity index (χ1v) is 6.07. The third kappa shape index (κ3) is 3.38. The van der Waals surface area contributed by atoms with Crippen molar-refractivity contribution in [2.45, 2.75) is 19.8 Å². The molecule has 1 saturated heterocycles. The van der Waals surface area contributed by atoms with Crippen LogP contribution in [0.5, 0.6) is 0 Å². The molecule has 0 spiro atoms. The van der Waals surface area contributed by atoms with Gasteiger partial charge in [0.05, 0.1) is 0 Å². The molecule has 91 valence electrons. The fourth-order valence-corrected chi connectivity index (χ4v) is 2.03. The number of carbonyl (C=O) groups is 1. The maximum atomic E-state index is 11.0. The van der Waals surface area contributed by atoms with Crippen molar-refractivity contribution in [3.05, 3.63) is 42.1 Å². The van der Waals surface area contributed by atoms with Crippen LogP contribution >= 0.6 is 0 Å². The predicted molar refractivity (Wildman–Crippen MR) is 66.2 cm³/mol. The van der Waals surface area contributed by atoms with Gasteiger partial charge in [-0.25, -0.2) is 0 Å². The number of nitrogens with zero attached hydrogens (tertiary/aromatic N) is 1. The quantitative estimate of drug-likeness (QED) is 0.779. The lowest BCUT2D eigenvalue weighted by Crippen LogP contribution is -2.29. The van der Waals surface area contributed by atoms with Crippen molar-refractivity contribution in [1.29, 1.82) is 0 Å². The Kier molecular flexibility index (Phi) is 4.29. The van der Waals surface area contributed by atoms with E-state index in [2.05, 4.69) is 4.90 Å². The van der Waals surface area contributed by atoms with Gasteiger partial charge in [-0.15, -0.1) is 0 Å². The van der Waals surface area contributed by atoms with Crippen molar-refractivity contribution < 1.29 is 9.53 Å². The molecule has 0 aromatic heterocycles. The molecule has 0 saturated carbocycles. The van der Waals surface area contributed by atoms with Gasteiger partial charge in [-0.1, -0.05) is 30.3 Å². The second-order valence-corrected chi connectivity index (χ2v) is 4.36. The topological polar surface area (TPSA) is 29.5 Å². The average Bonchev–Trinajstić information content (AvgIpc) is 2.84. The van der Waals surface area contributed by atoms with Crippen LogP contribution in [0.3, 0.4) is 0 Å². The standard InChI is InChI=1S/C14H18NO2/c1-12(16)11-17-14(15-9-5-6-10-15)13-7-3-2-4-8-13/h2-4,7-8H,5-6,9-11H2,1H3. The Bertz CT molecular complexity index is 358. The Balaban J connectivity index is 2.08. The van der Waals surface area contributed by atoms with Crippen molar-refractivity contribution >= 4 is 5.78 Å². The van der Waals surface area contributed by atoms with Crippen LogP contribution in [0.25, 0.3) is 0 Å². The van der Waals surface area contributed by atoms with E-state index in [0.29, 0.717) is 0 Å². The van der Waals surface area contributed by atoms with E-state index in [1.54, 1.807) is 6.92 Å². The third-order valence-electron chi connectivity index (χ3n) is 2.83. The SMILES string of the molecule is CC(=O)CO[C](c1ccccc1)N1CCCC1. The van der Waals surface area contributed by atoms with Gasteiger partial charge in [-0.05, 0) is 19.8 Å². The maximum absolute atomic E-state index is 11.0. The molecule has 1 heterocycles. The monoisotopic (exact) mass is 232 g/mol. The fourth-order valence-electron chi connectivity index (χ4n) is 2.03. The van der Waals surface area contributed by atoms with Gasteiger partial charge in [-0.2, -0.15) is 0 Å². The van der Waals surface area contributed by atoms with Gasteiger partial charge in [0.1, 0.15) is 6.61 Å². The van der Waals surface area contributed by atoms with Crippen LogP contribution in [0.1, 0.15) is 25.3 Å². The molecule has 0 unspecified atom stereocenters. The normalized spacial score (nSPS) is 16.6. The Morgan fingerprint density at radius 2 is 1.88 bits per heavy atom. The van der Waals surface area contributed by atoms with E-state index in [9.17, 15) is 4.79 Å². The summed E-state index contributed by atoms with van der Waals surface area (Å²) in [5, 5.41) is 0. The number of hydrogen-bond donors (Lipinski definition) is 0. The maximum Gasteiger partial charge on any atom is 0.196 e. The van der Waals surface area contributed by atoms with E-state index < -0.39 is 0 Å². The summed E-state index contributed by atoms with van der Waals surface area (Å²) in [5.74, 6) is 0.0534. The van der Waals surface area contributed by atoms with Crippen LogP contribution in [0.15, 0.2) is 30.3 Å². The number of benzene rings is 1. The number of ketones is 1. The summed E-state index contributed by atoms with van der Waals surface area (Å²) >= 11 is 0. The molecule has 3 heteroatoms. The predicted octanol–water partition coefficient (Wildman–Crippen LogP) is 2.23. The molecule has 1 fully saturated rings. The summed E-state index contributed by atoms with van der Waals surface area (Å²) in [7, 11) is 0. The molecule has 1 radical (unpaired) electrons. The molecule has 1 aliphatic heterocycles. The highest BCUT2D eigenvalue weighted by atomic mass is 16.5. The number of carbonyl (C=O) groups excluding carboxylic acids is 1. The summed E-state index contributed by atoms with van der Waals surface area (Å²) in [5.41, 5.74) is 1.05. The molecule has 1 aromatic carbocycles. The number of ether oxygens (including phenoxy) is 1. The first-order chi connectivity index (χ1) is 8.27. The summed E-state index contributed by atoms with van der Waals surface area (Å²) < 4.78 is 5.67. The van der Waals surface area contributed by atoms with Crippen LogP contribution in [-0.4, -0.2) is 30.4 Å². The van der Waals surface area contributed by atoms with E-state index in [1.165, 1.54) is 12.8 Å². The van der Waals surface area contributed by atoms with E-state index in [0.717, 1.165) is 24.9 Å². The first-order valence-electron chi connectivity index (χ1n) is 6.07. The number of rotatable bonds is 5. The second-order valence-electron chi connectivity index (χ2n) is 4.36. The summed E-state index contributed by atoms with van der Waals surface area (Å²) in [6.07, 6.45) is 3.23. The summed E-state index contributed by atoms with van der Waals surface area (Å²) in [6, 6.07) is 10.0. The Morgan fingerprint density at radius 3 is 2.47 bits per heavy atom. The molecule has 17 heavy (non-hydrogen) atoms. The summed E-state index contributed by atoms with van der Waals surface area (Å²) in [6.45, 7) is 3.73. The van der Waals surface area contributed by atoms with Gasteiger partial charge in [0.15, 0.2) is 12.0 Å². The Morgan fingerprint density at radius 1 is 1.24 bits per heavy atom. The van der Waals surface area contributed by atoms with Crippen LogP contribution in [0, 0.1) is 6.23 Å². The smallest absolute Gasteiger partial charge is 0.196 e. The lowest BCUT2D eigenvalue weighted by molar-refractivity contribution is -0.122. The zero-order valence-corrected chi connectivity index (χ0v) is 10.2. The fraction of sp³-hybridized carbons (Fsp3) is 0.429. The number of hydrogen-bond acceptors (Lipinski definition) is 3.